The molecule has 0 saturated carbocycles. The maximum absolute atomic E-state index is 14.0. The fourth-order valence-corrected chi connectivity index (χ4v) is 4.67. The number of hydrogen-bond acceptors (Lipinski definition) is 5. The Hall–Kier alpha value is -3.98. The Bertz CT molecular complexity index is 1470. The third kappa shape index (κ3) is 6.20. The Kier molecular flexibility index (Phi) is 7.66. The van der Waals surface area contributed by atoms with E-state index in [-0.39, 0.29) is 41.0 Å². The summed E-state index contributed by atoms with van der Waals surface area (Å²) in [6.07, 6.45) is -4.58. The summed E-state index contributed by atoms with van der Waals surface area (Å²) in [4.78, 5) is 17.6. The average Bonchev–Trinajstić information content (AvgIpc) is 3.36. The first-order chi connectivity index (χ1) is 18.3. The molecule has 1 heterocycles. The molecule has 0 aliphatic carbocycles. The Morgan fingerprint density at radius 3 is 2.21 bits per heavy atom. The number of aliphatic carboxylic acids is 1. The zero-order chi connectivity index (χ0) is 28.5. The van der Waals surface area contributed by atoms with Crippen molar-refractivity contribution in [3.63, 3.8) is 0 Å². The molecule has 3 aromatic carbocycles. The number of halogens is 3. The topological polar surface area (TPSA) is 79.5 Å². The van der Waals surface area contributed by atoms with Gasteiger partial charge < -0.3 is 9.63 Å². The van der Waals surface area contributed by atoms with Crippen LogP contribution in [0.3, 0.4) is 0 Å². The van der Waals surface area contributed by atoms with Crippen LogP contribution in [0.15, 0.2) is 71.3 Å². The van der Waals surface area contributed by atoms with Crippen LogP contribution in [-0.2, 0) is 11.0 Å². The van der Waals surface area contributed by atoms with E-state index in [0.29, 0.717) is 11.1 Å². The predicted molar refractivity (Wildman–Crippen MR) is 143 cm³/mol. The van der Waals surface area contributed by atoms with Crippen LogP contribution in [0.25, 0.3) is 34.0 Å². The second kappa shape index (κ2) is 10.6. The minimum absolute atomic E-state index is 0.0235. The van der Waals surface area contributed by atoms with E-state index in [9.17, 15) is 23.1 Å². The van der Waals surface area contributed by atoms with Gasteiger partial charge in [-0.2, -0.15) is 18.2 Å². The molecule has 6 nitrogen and oxygen atoms in total. The van der Waals surface area contributed by atoms with Gasteiger partial charge in [0.15, 0.2) is 0 Å². The summed E-state index contributed by atoms with van der Waals surface area (Å²) < 4.78 is 47.4. The Morgan fingerprint density at radius 2 is 1.62 bits per heavy atom. The highest BCUT2D eigenvalue weighted by Gasteiger charge is 2.35. The van der Waals surface area contributed by atoms with Gasteiger partial charge in [0.05, 0.1) is 12.1 Å². The second-order valence-corrected chi connectivity index (χ2v) is 10.5. The van der Waals surface area contributed by atoms with Crippen LogP contribution >= 0.6 is 0 Å². The summed E-state index contributed by atoms with van der Waals surface area (Å²) in [5.41, 5.74) is 1.86. The average molecular weight is 538 g/mol. The van der Waals surface area contributed by atoms with Gasteiger partial charge in [0.25, 0.3) is 5.89 Å². The van der Waals surface area contributed by atoms with Crippen molar-refractivity contribution in [3.8, 4) is 34.0 Å². The van der Waals surface area contributed by atoms with Crippen LogP contribution in [-0.4, -0.2) is 38.2 Å². The lowest BCUT2D eigenvalue weighted by Crippen LogP contribution is -2.45. The van der Waals surface area contributed by atoms with Gasteiger partial charge in [0.1, 0.15) is 0 Å². The van der Waals surface area contributed by atoms with Crippen molar-refractivity contribution < 1.29 is 27.6 Å². The van der Waals surface area contributed by atoms with E-state index in [1.54, 1.807) is 49.4 Å². The van der Waals surface area contributed by atoms with Crippen molar-refractivity contribution in [2.75, 3.05) is 6.54 Å². The molecule has 1 N–H and O–H groups in total. The van der Waals surface area contributed by atoms with E-state index in [0.717, 1.165) is 17.2 Å². The van der Waals surface area contributed by atoms with Crippen LogP contribution in [0.2, 0.25) is 0 Å². The number of hydrogen-bond donors (Lipinski definition) is 1. The third-order valence-electron chi connectivity index (χ3n) is 6.72. The summed E-state index contributed by atoms with van der Waals surface area (Å²) in [6.45, 7) is 9.47. The first kappa shape index (κ1) is 28.0. The monoisotopic (exact) mass is 537 g/mol. The quantitative estimate of drug-likeness (QED) is 0.261. The standard InChI is InChI=1S/C30H30F3N3O3/c1-18-8-6-7-9-23(18)24-15-14-22(16-25(24)30(31,32)33)28-34-27(35-39-28)21-12-10-20(11-13-21)19(2)36(17-26(37)38)29(3,4)5/h6-16,19H,17H2,1-5H3,(H,37,38)/t19-/m0/s1. The minimum Gasteiger partial charge on any atom is -0.480 e. The van der Waals surface area contributed by atoms with Gasteiger partial charge >= 0.3 is 12.1 Å². The van der Waals surface area contributed by atoms with E-state index >= 15 is 0 Å². The van der Waals surface area contributed by atoms with Crippen molar-refractivity contribution in [1.29, 1.82) is 0 Å². The van der Waals surface area contributed by atoms with Crippen molar-refractivity contribution >= 4 is 5.97 Å². The maximum Gasteiger partial charge on any atom is 0.417 e. The zero-order valence-electron chi connectivity index (χ0n) is 22.4. The largest absolute Gasteiger partial charge is 0.480 e. The number of rotatable bonds is 7. The van der Waals surface area contributed by atoms with Crippen molar-refractivity contribution in [1.82, 2.24) is 15.0 Å². The molecule has 0 fully saturated rings. The number of aryl methyl sites for hydroxylation is 1. The molecule has 4 rings (SSSR count). The summed E-state index contributed by atoms with van der Waals surface area (Å²) >= 11 is 0. The van der Waals surface area contributed by atoms with Crippen molar-refractivity contribution in [3.05, 3.63) is 83.4 Å². The fourth-order valence-electron chi connectivity index (χ4n) is 4.67. The number of alkyl halides is 3. The maximum atomic E-state index is 14.0. The molecular weight excluding hydrogens is 507 g/mol. The van der Waals surface area contributed by atoms with Crippen LogP contribution in [0.4, 0.5) is 13.2 Å². The molecule has 0 aliphatic rings. The number of carbonyl (C=O) groups is 1. The zero-order valence-corrected chi connectivity index (χ0v) is 22.4. The molecule has 0 bridgehead atoms. The Balaban J connectivity index is 1.63. The normalized spacial score (nSPS) is 13.1. The van der Waals surface area contributed by atoms with Gasteiger partial charge in [-0.3, -0.25) is 9.69 Å². The molecule has 4 aromatic rings. The molecule has 39 heavy (non-hydrogen) atoms. The SMILES string of the molecule is Cc1ccccc1-c1ccc(-c2nc(-c3ccc([C@H](C)N(CC(=O)O)C(C)(C)C)cc3)no2)cc1C(F)(F)F. The number of carboxylic acid groups (broad SMARTS) is 1. The minimum atomic E-state index is -4.58. The molecule has 0 aliphatic heterocycles. The number of carboxylic acids is 1. The highest BCUT2D eigenvalue weighted by atomic mass is 19.4. The van der Waals surface area contributed by atoms with Crippen LogP contribution < -0.4 is 0 Å². The van der Waals surface area contributed by atoms with Crippen LogP contribution in [0.1, 0.15) is 50.4 Å². The van der Waals surface area contributed by atoms with E-state index in [1.807, 2.05) is 44.7 Å². The number of aromatic nitrogens is 2. The van der Waals surface area contributed by atoms with Crippen molar-refractivity contribution in [2.24, 2.45) is 0 Å². The molecule has 0 radical (unpaired) electrons. The molecule has 0 amide bonds. The van der Waals surface area contributed by atoms with Gasteiger partial charge in [-0.1, -0.05) is 59.8 Å². The number of benzene rings is 3. The predicted octanol–water partition coefficient (Wildman–Crippen LogP) is 7.64. The summed E-state index contributed by atoms with van der Waals surface area (Å²) in [5, 5.41) is 13.3. The van der Waals surface area contributed by atoms with Gasteiger partial charge in [-0.15, -0.1) is 0 Å². The summed E-state index contributed by atoms with van der Waals surface area (Å²) in [7, 11) is 0. The molecule has 204 valence electrons. The lowest BCUT2D eigenvalue weighted by Gasteiger charge is -2.39. The van der Waals surface area contributed by atoms with E-state index in [1.165, 1.54) is 6.07 Å². The molecule has 1 aromatic heterocycles. The molecule has 9 heteroatoms. The van der Waals surface area contributed by atoms with Gasteiger partial charge in [-0.05, 0) is 69.0 Å². The summed E-state index contributed by atoms with van der Waals surface area (Å²) in [5.74, 6) is -0.697. The Morgan fingerprint density at radius 1 is 0.974 bits per heavy atom. The fraction of sp³-hybridized carbons (Fsp3) is 0.300. The second-order valence-electron chi connectivity index (χ2n) is 10.5. The van der Waals surface area contributed by atoms with E-state index < -0.39 is 17.7 Å². The molecule has 0 unspecified atom stereocenters. The van der Waals surface area contributed by atoms with Crippen LogP contribution in [0.5, 0.6) is 0 Å². The van der Waals surface area contributed by atoms with Crippen LogP contribution in [0, 0.1) is 6.92 Å². The summed E-state index contributed by atoms with van der Waals surface area (Å²) in [6, 6.07) is 18.0. The first-order valence-corrected chi connectivity index (χ1v) is 12.5. The van der Waals surface area contributed by atoms with Gasteiger partial charge in [-0.25, -0.2) is 0 Å². The van der Waals surface area contributed by atoms with Gasteiger partial charge in [0.2, 0.25) is 5.82 Å². The van der Waals surface area contributed by atoms with Crippen molar-refractivity contribution in [2.45, 2.75) is 52.4 Å². The van der Waals surface area contributed by atoms with E-state index in [2.05, 4.69) is 10.1 Å². The lowest BCUT2D eigenvalue weighted by molar-refractivity contribution is -0.140. The highest BCUT2D eigenvalue weighted by Crippen LogP contribution is 2.40. The molecule has 0 spiro atoms. The number of nitrogens with zero attached hydrogens (tertiary/aromatic N) is 3. The smallest absolute Gasteiger partial charge is 0.417 e. The lowest BCUT2D eigenvalue weighted by atomic mass is 9.94. The van der Waals surface area contributed by atoms with Gasteiger partial charge in [0, 0.05) is 22.7 Å². The molecular formula is C30H30F3N3O3. The Labute approximate surface area is 225 Å². The molecule has 1 atom stereocenters. The molecule has 0 saturated heterocycles. The van der Waals surface area contributed by atoms with E-state index in [4.69, 9.17) is 4.52 Å². The highest BCUT2D eigenvalue weighted by molar-refractivity contribution is 5.74. The third-order valence-corrected chi connectivity index (χ3v) is 6.72. The first-order valence-electron chi connectivity index (χ1n) is 12.5.